The quantitative estimate of drug-likeness (QED) is 0.434. The molecule has 1 aliphatic carbocycles. The van der Waals surface area contributed by atoms with E-state index in [1.807, 2.05) is 30.3 Å². The normalized spacial score (nSPS) is 18.3. The Labute approximate surface area is 178 Å². The number of pyridine rings is 1. The van der Waals surface area contributed by atoms with Gasteiger partial charge in [-0.25, -0.2) is 0 Å². The van der Waals surface area contributed by atoms with Crippen LogP contribution in [0.25, 0.3) is 10.6 Å². The monoisotopic (exact) mass is 425 g/mol. The molecule has 0 amide bonds. The van der Waals surface area contributed by atoms with E-state index in [-0.39, 0.29) is 23.8 Å². The van der Waals surface area contributed by atoms with Crippen LogP contribution < -0.4 is 11.1 Å². The first-order valence-electron chi connectivity index (χ1n) is 9.36. The van der Waals surface area contributed by atoms with Gasteiger partial charge in [-0.3, -0.25) is 4.98 Å². The average Bonchev–Trinajstić information content (AvgIpc) is 3.37. The third kappa shape index (κ3) is 4.67. The smallest absolute Gasteiger partial charge is 0.223 e. The lowest BCUT2D eigenvalue weighted by Crippen LogP contribution is -2.19. The zero-order valence-electron chi connectivity index (χ0n) is 15.6. The number of anilines is 2. The highest BCUT2D eigenvalue weighted by atomic mass is 35.5. The molecule has 0 radical (unpaired) electrons. The van der Waals surface area contributed by atoms with E-state index in [1.54, 1.807) is 17.5 Å². The maximum absolute atomic E-state index is 9.37. The Balaban J connectivity index is 1.59. The van der Waals surface area contributed by atoms with Crippen LogP contribution in [0.15, 0.2) is 36.5 Å². The summed E-state index contributed by atoms with van der Waals surface area (Å²) < 4.78 is 0. The molecule has 3 aromatic heterocycles. The lowest BCUT2D eigenvalue weighted by molar-refractivity contribution is 0.229. The van der Waals surface area contributed by atoms with Gasteiger partial charge in [-0.1, -0.05) is 29.5 Å². The van der Waals surface area contributed by atoms with Crippen LogP contribution in [0.4, 0.5) is 11.8 Å². The predicted octanol–water partition coefficient (Wildman–Crippen LogP) is 3.81. The van der Waals surface area contributed by atoms with E-state index in [4.69, 9.17) is 17.3 Å². The number of aliphatic hydroxyl groups is 1. The Morgan fingerprint density at radius 3 is 2.86 bits per heavy atom. The van der Waals surface area contributed by atoms with E-state index < -0.39 is 0 Å². The van der Waals surface area contributed by atoms with Gasteiger partial charge in [0.1, 0.15) is 11.4 Å². The highest BCUT2D eigenvalue weighted by Gasteiger charge is 2.25. The molecule has 0 bridgehead atoms. The third-order valence-corrected chi connectivity index (χ3v) is 6.15. The minimum absolute atomic E-state index is 0.105. The lowest BCUT2D eigenvalue weighted by Gasteiger charge is -2.15. The Morgan fingerprint density at radius 1 is 1.21 bits per heavy atom. The number of nitrogens with one attached hydrogen (secondary N) is 1. The van der Waals surface area contributed by atoms with Crippen LogP contribution in [0.5, 0.6) is 0 Å². The number of halogens is 1. The molecule has 8 heteroatoms. The summed E-state index contributed by atoms with van der Waals surface area (Å²) in [5, 5.41) is 13.0. The molecule has 0 saturated heterocycles. The molecule has 1 saturated carbocycles. The van der Waals surface area contributed by atoms with Crippen molar-refractivity contribution in [2.75, 3.05) is 17.7 Å². The maximum atomic E-state index is 9.37. The minimum atomic E-state index is 0.105. The van der Waals surface area contributed by atoms with Crippen molar-refractivity contribution < 1.29 is 5.11 Å². The molecule has 1 fully saturated rings. The van der Waals surface area contributed by atoms with Crippen molar-refractivity contribution in [2.24, 2.45) is 5.92 Å². The van der Waals surface area contributed by atoms with Crippen molar-refractivity contribution in [2.45, 2.75) is 25.3 Å². The summed E-state index contributed by atoms with van der Waals surface area (Å²) >= 11 is 7.89. The number of aromatic nitrogens is 3. The highest BCUT2D eigenvalue weighted by molar-refractivity contribution is 7.16. The molecule has 6 nitrogen and oxygen atoms in total. The van der Waals surface area contributed by atoms with Gasteiger partial charge in [-0.15, -0.1) is 11.3 Å². The second kappa shape index (κ2) is 8.78. The topological polar surface area (TPSA) is 97.0 Å². The second-order valence-electron chi connectivity index (χ2n) is 6.93. The standard InChI is InChI=1S/C21H20ClN5OS/c22-19-16(8-6-15-7-9-18(29-15)17-3-1-2-10-24-17)20(27-21(23)26-19)25-14-5-4-13(11-14)12-28/h1-3,7,9-10,13-14,28H,4-5,11-12H2,(H3,23,25,26,27)/t13?,14-/m0/s1. The van der Waals surface area contributed by atoms with Gasteiger partial charge in [-0.05, 0) is 49.4 Å². The van der Waals surface area contributed by atoms with E-state index in [2.05, 4.69) is 32.1 Å². The SMILES string of the molecule is Nc1nc(Cl)c(C#Cc2ccc(-c3ccccn3)s2)c(N[C@H]2CCC(CO)C2)n1. The van der Waals surface area contributed by atoms with Crippen LogP contribution in [0.3, 0.4) is 0 Å². The third-order valence-electron chi connectivity index (χ3n) is 4.86. The number of rotatable bonds is 4. The zero-order chi connectivity index (χ0) is 20.2. The summed E-state index contributed by atoms with van der Waals surface area (Å²) in [6.45, 7) is 0.203. The first-order chi connectivity index (χ1) is 14.1. The number of nitrogen functional groups attached to an aromatic ring is 1. The molecule has 1 aliphatic rings. The van der Waals surface area contributed by atoms with Gasteiger partial charge in [0.05, 0.1) is 15.4 Å². The number of nitrogens with two attached hydrogens (primary N) is 1. The molecular formula is C21H20ClN5OS. The minimum Gasteiger partial charge on any atom is -0.396 e. The highest BCUT2D eigenvalue weighted by Crippen LogP contribution is 2.30. The summed E-state index contributed by atoms with van der Waals surface area (Å²) in [5.74, 6) is 7.22. The van der Waals surface area contributed by atoms with Crippen molar-refractivity contribution in [1.29, 1.82) is 0 Å². The Morgan fingerprint density at radius 2 is 2.10 bits per heavy atom. The molecule has 0 spiro atoms. The Kier molecular flexibility index (Phi) is 5.95. The van der Waals surface area contributed by atoms with Gasteiger partial charge in [0.25, 0.3) is 0 Å². The van der Waals surface area contributed by atoms with Gasteiger partial charge in [0.2, 0.25) is 5.95 Å². The summed E-state index contributed by atoms with van der Waals surface area (Å²) in [7, 11) is 0. The van der Waals surface area contributed by atoms with E-state index in [0.717, 1.165) is 34.7 Å². The molecule has 0 aliphatic heterocycles. The van der Waals surface area contributed by atoms with E-state index >= 15 is 0 Å². The van der Waals surface area contributed by atoms with Crippen LogP contribution in [-0.2, 0) is 0 Å². The molecule has 4 rings (SSSR count). The number of nitrogens with zero attached hydrogens (tertiary/aromatic N) is 3. The molecule has 3 aromatic rings. The molecular weight excluding hydrogens is 406 g/mol. The summed E-state index contributed by atoms with van der Waals surface area (Å²) in [4.78, 5) is 14.7. The first kappa shape index (κ1) is 19.6. The summed E-state index contributed by atoms with van der Waals surface area (Å²) in [5.41, 5.74) is 7.24. The fraction of sp³-hybridized carbons (Fsp3) is 0.286. The molecule has 4 N–H and O–H groups in total. The molecule has 0 aromatic carbocycles. The van der Waals surface area contributed by atoms with Gasteiger partial charge in [-0.2, -0.15) is 9.97 Å². The maximum Gasteiger partial charge on any atom is 0.223 e. The van der Waals surface area contributed by atoms with Gasteiger partial charge >= 0.3 is 0 Å². The van der Waals surface area contributed by atoms with Crippen LogP contribution >= 0.6 is 22.9 Å². The number of thiophene rings is 1. The fourth-order valence-electron chi connectivity index (χ4n) is 3.41. The zero-order valence-corrected chi connectivity index (χ0v) is 17.2. The molecule has 1 unspecified atom stereocenters. The largest absolute Gasteiger partial charge is 0.396 e. The van der Waals surface area contributed by atoms with Crippen molar-refractivity contribution >= 4 is 34.7 Å². The van der Waals surface area contributed by atoms with Gasteiger partial charge in [0.15, 0.2) is 5.15 Å². The van der Waals surface area contributed by atoms with Crippen molar-refractivity contribution in [3.63, 3.8) is 0 Å². The van der Waals surface area contributed by atoms with E-state index in [9.17, 15) is 5.11 Å². The number of hydrogen-bond acceptors (Lipinski definition) is 7. The van der Waals surface area contributed by atoms with E-state index in [1.165, 1.54) is 0 Å². The Hall–Kier alpha value is -2.66. The molecule has 148 valence electrons. The van der Waals surface area contributed by atoms with Crippen LogP contribution in [-0.4, -0.2) is 32.7 Å². The second-order valence-corrected chi connectivity index (χ2v) is 8.37. The van der Waals surface area contributed by atoms with Crippen molar-refractivity contribution in [3.05, 3.63) is 52.1 Å². The van der Waals surface area contributed by atoms with Crippen LogP contribution in [0, 0.1) is 17.8 Å². The number of aliphatic hydroxyl groups excluding tert-OH is 1. The summed E-state index contributed by atoms with van der Waals surface area (Å²) in [6, 6.07) is 9.99. The molecule has 2 atom stereocenters. The predicted molar refractivity (Wildman–Crippen MR) is 117 cm³/mol. The number of hydrogen-bond donors (Lipinski definition) is 3. The lowest BCUT2D eigenvalue weighted by atomic mass is 10.1. The summed E-state index contributed by atoms with van der Waals surface area (Å²) in [6.07, 6.45) is 4.59. The van der Waals surface area contributed by atoms with Gasteiger partial charge in [0, 0.05) is 18.8 Å². The van der Waals surface area contributed by atoms with E-state index in [0.29, 0.717) is 17.3 Å². The molecule has 3 heterocycles. The van der Waals surface area contributed by atoms with Crippen LogP contribution in [0.2, 0.25) is 5.15 Å². The first-order valence-corrected chi connectivity index (χ1v) is 10.6. The van der Waals surface area contributed by atoms with Crippen LogP contribution in [0.1, 0.15) is 29.7 Å². The van der Waals surface area contributed by atoms with Gasteiger partial charge < -0.3 is 16.2 Å². The van der Waals surface area contributed by atoms with Crippen molar-refractivity contribution in [3.8, 4) is 22.4 Å². The average molecular weight is 426 g/mol. The fourth-order valence-corrected chi connectivity index (χ4v) is 4.47. The molecule has 29 heavy (non-hydrogen) atoms. The van der Waals surface area contributed by atoms with Crippen molar-refractivity contribution in [1.82, 2.24) is 15.0 Å². The Bertz CT molecular complexity index is 1060.